The lowest BCUT2D eigenvalue weighted by Gasteiger charge is -2.13. The number of hydroxylamine groups is 1. The largest absolute Gasteiger partial charge is 0.293 e. The summed E-state index contributed by atoms with van der Waals surface area (Å²) >= 11 is 0. The van der Waals surface area contributed by atoms with E-state index in [-0.39, 0.29) is 0 Å². The lowest BCUT2D eigenvalue weighted by Crippen LogP contribution is -2.09. The molecule has 2 aliphatic rings. The lowest BCUT2D eigenvalue weighted by atomic mass is 10.1. The first-order valence-corrected chi connectivity index (χ1v) is 2.83. The summed E-state index contributed by atoms with van der Waals surface area (Å²) in [6, 6.07) is 0.352. The van der Waals surface area contributed by atoms with Gasteiger partial charge in [0.1, 0.15) is 0 Å². The van der Waals surface area contributed by atoms with Crippen molar-refractivity contribution in [1.82, 2.24) is 0 Å². The second-order valence-electron chi connectivity index (χ2n) is 2.20. The highest BCUT2D eigenvalue weighted by atomic mass is 16.6. The van der Waals surface area contributed by atoms with E-state index in [1.54, 1.807) is 6.29 Å². The van der Waals surface area contributed by atoms with Crippen molar-refractivity contribution in [3.8, 4) is 0 Å². The topological polar surface area (TPSA) is 25.4 Å². The minimum absolute atomic E-state index is 0.352. The molecule has 0 N–H and O–H groups in total. The van der Waals surface area contributed by atoms with Gasteiger partial charge in [0.15, 0.2) is 0 Å². The maximum atomic E-state index is 4.79. The molecule has 8 heavy (non-hydrogen) atoms. The summed E-state index contributed by atoms with van der Waals surface area (Å²) in [4.78, 5) is 0. The molecule has 2 nitrogen and oxygen atoms in total. The molecule has 1 heterocycles. The van der Waals surface area contributed by atoms with Crippen molar-refractivity contribution in [1.29, 1.82) is 0 Å². The Hall–Kier alpha value is -0.790. The fourth-order valence-corrected chi connectivity index (χ4v) is 1.08. The van der Waals surface area contributed by atoms with E-state index in [9.17, 15) is 0 Å². The minimum Gasteiger partial charge on any atom is -0.282 e. The molecule has 0 fully saturated rings. The molecule has 0 aromatic carbocycles. The van der Waals surface area contributed by atoms with Crippen LogP contribution in [-0.2, 0) is 4.53 Å². The second-order valence-corrected chi connectivity index (χ2v) is 2.20. The zero-order chi connectivity index (χ0) is 5.40. The number of fused-ring (bicyclic) bond motifs is 2. The van der Waals surface area contributed by atoms with Crippen LogP contribution < -0.4 is 0 Å². The molecule has 0 aromatic rings. The fraction of sp³-hybridized carbons (Fsp3) is 0.500. The summed E-state index contributed by atoms with van der Waals surface area (Å²) in [7, 11) is 0. The van der Waals surface area contributed by atoms with Gasteiger partial charge in [0.25, 0.3) is 6.29 Å². The molecule has 0 saturated heterocycles. The van der Waals surface area contributed by atoms with E-state index < -0.39 is 0 Å². The standard InChI is InChI=1S/C6H7NO/c1-2-6-3-5(1)4-8-7-6/h1-2,4-6H,3H2. The molecular formula is C6H7NO. The zero-order valence-electron chi connectivity index (χ0n) is 4.45. The Morgan fingerprint density at radius 3 is 3.25 bits per heavy atom. The van der Waals surface area contributed by atoms with Crippen LogP contribution in [-0.4, -0.2) is 12.3 Å². The summed E-state index contributed by atoms with van der Waals surface area (Å²) < 4.78 is 4.79. The van der Waals surface area contributed by atoms with E-state index in [1.165, 1.54) is 0 Å². The van der Waals surface area contributed by atoms with Crippen LogP contribution in [0.4, 0.5) is 0 Å². The average molecular weight is 109 g/mol. The smallest absolute Gasteiger partial charge is 0.282 e. The van der Waals surface area contributed by atoms with Crippen LogP contribution in [0.1, 0.15) is 6.42 Å². The average Bonchev–Trinajstić information content (AvgIpc) is 2.12. The summed E-state index contributed by atoms with van der Waals surface area (Å²) in [5.41, 5.74) is 3.85. The molecule has 2 atom stereocenters. The Bertz CT molecular complexity index is 149. The highest BCUT2D eigenvalue weighted by molar-refractivity contribution is 5.60. The molecule has 1 aliphatic heterocycles. The SMILES string of the molecule is C1=CC2CC1C=[O+][N-]2. The van der Waals surface area contributed by atoms with Gasteiger partial charge in [-0.3, -0.25) is 10.0 Å². The van der Waals surface area contributed by atoms with Crippen LogP contribution in [0, 0.1) is 5.92 Å². The third-order valence-electron chi connectivity index (χ3n) is 1.53. The van der Waals surface area contributed by atoms with Gasteiger partial charge in [-0.2, -0.15) is 0 Å². The highest BCUT2D eigenvalue weighted by Crippen LogP contribution is 2.24. The summed E-state index contributed by atoms with van der Waals surface area (Å²) in [5.74, 6) is 0.539. The third kappa shape index (κ3) is 0.457. The molecular weight excluding hydrogens is 102 g/mol. The van der Waals surface area contributed by atoms with Gasteiger partial charge in [-0.15, -0.1) is 0 Å². The molecule has 1 aliphatic carbocycles. The number of hydrogen-bond acceptors (Lipinski definition) is 0. The monoisotopic (exact) mass is 109 g/mol. The van der Waals surface area contributed by atoms with Gasteiger partial charge >= 0.3 is 0 Å². The van der Waals surface area contributed by atoms with Crippen molar-refractivity contribution in [2.45, 2.75) is 12.5 Å². The summed E-state index contributed by atoms with van der Waals surface area (Å²) in [5, 5.41) is 0. The van der Waals surface area contributed by atoms with Gasteiger partial charge < -0.3 is 0 Å². The quantitative estimate of drug-likeness (QED) is 0.251. The third-order valence-corrected chi connectivity index (χ3v) is 1.53. The highest BCUT2D eigenvalue weighted by Gasteiger charge is 2.20. The van der Waals surface area contributed by atoms with Crippen LogP contribution in [0.25, 0.3) is 5.48 Å². The number of rotatable bonds is 0. The zero-order valence-corrected chi connectivity index (χ0v) is 4.45. The molecule has 2 bridgehead atoms. The van der Waals surface area contributed by atoms with Gasteiger partial charge in [0.2, 0.25) is 0 Å². The Kier molecular flexibility index (Phi) is 0.692. The van der Waals surface area contributed by atoms with Crippen molar-refractivity contribution < 1.29 is 4.53 Å². The van der Waals surface area contributed by atoms with Crippen LogP contribution in [0.3, 0.4) is 0 Å². The van der Waals surface area contributed by atoms with Gasteiger partial charge in [0, 0.05) is 0 Å². The number of carbonyl (C=O) groups excluding carboxylic acids is 1. The molecule has 2 rings (SSSR count). The van der Waals surface area contributed by atoms with Crippen molar-refractivity contribution in [2.75, 3.05) is 0 Å². The summed E-state index contributed by atoms with van der Waals surface area (Å²) in [6.07, 6.45) is 7.13. The number of aldehydes is 1. The predicted octanol–water partition coefficient (Wildman–Crippen LogP) is 0.968. The minimum atomic E-state index is 0.352. The predicted molar refractivity (Wildman–Crippen MR) is 30.5 cm³/mol. The van der Waals surface area contributed by atoms with Crippen molar-refractivity contribution in [3.63, 3.8) is 0 Å². The first kappa shape index (κ1) is 4.13. The van der Waals surface area contributed by atoms with Crippen LogP contribution >= 0.6 is 0 Å². The normalized spacial score (nSPS) is 40.0. The Morgan fingerprint density at radius 1 is 1.50 bits per heavy atom. The molecule has 0 amide bonds. The Morgan fingerprint density at radius 2 is 2.50 bits per heavy atom. The fourth-order valence-electron chi connectivity index (χ4n) is 1.08. The van der Waals surface area contributed by atoms with E-state index in [0.29, 0.717) is 12.0 Å². The first-order chi connectivity index (χ1) is 3.95. The van der Waals surface area contributed by atoms with Crippen LogP contribution in [0.15, 0.2) is 12.2 Å². The maximum absolute atomic E-state index is 4.79. The maximum Gasteiger partial charge on any atom is 0.293 e. The molecule has 42 valence electrons. The van der Waals surface area contributed by atoms with Gasteiger partial charge in [0.05, 0.1) is 5.92 Å². The molecule has 0 saturated carbocycles. The van der Waals surface area contributed by atoms with E-state index >= 15 is 0 Å². The second kappa shape index (κ2) is 1.34. The van der Waals surface area contributed by atoms with E-state index in [4.69, 9.17) is 4.53 Å². The van der Waals surface area contributed by atoms with Gasteiger partial charge in [-0.1, -0.05) is 12.2 Å². The van der Waals surface area contributed by atoms with E-state index in [2.05, 4.69) is 17.6 Å². The molecule has 2 unspecified atom stereocenters. The number of nitrogens with zero attached hydrogens (tertiary/aromatic N) is 1. The first-order valence-electron chi connectivity index (χ1n) is 2.83. The van der Waals surface area contributed by atoms with Crippen molar-refractivity contribution in [3.05, 3.63) is 17.6 Å². The van der Waals surface area contributed by atoms with Crippen molar-refractivity contribution >= 4 is 6.29 Å². The molecule has 0 aromatic heterocycles. The van der Waals surface area contributed by atoms with Crippen LogP contribution in [0.5, 0.6) is 0 Å². The molecule has 2 heteroatoms. The summed E-state index contributed by atoms with van der Waals surface area (Å²) in [6.45, 7) is 0. The lowest BCUT2D eigenvalue weighted by molar-refractivity contribution is -0.403. The van der Waals surface area contributed by atoms with Gasteiger partial charge in [-0.25, -0.2) is 0 Å². The number of hydrogen-bond donors (Lipinski definition) is 0. The Balaban J connectivity index is 2.28. The van der Waals surface area contributed by atoms with Gasteiger partial charge in [-0.05, 0) is 12.5 Å². The molecule has 0 radical (unpaired) electrons. The number of allylic oxidation sites excluding steroid dienone is 1. The Labute approximate surface area is 47.8 Å². The molecule has 0 spiro atoms. The van der Waals surface area contributed by atoms with E-state index in [0.717, 1.165) is 6.42 Å². The van der Waals surface area contributed by atoms with Crippen LogP contribution in [0.2, 0.25) is 0 Å². The van der Waals surface area contributed by atoms with E-state index in [1.807, 2.05) is 0 Å². The van der Waals surface area contributed by atoms with Crippen molar-refractivity contribution in [2.24, 2.45) is 5.92 Å².